The van der Waals surface area contributed by atoms with Crippen LogP contribution in [-0.4, -0.2) is 30.1 Å². The van der Waals surface area contributed by atoms with E-state index >= 15 is 0 Å². The summed E-state index contributed by atoms with van der Waals surface area (Å²) in [5.41, 5.74) is 6.47. The van der Waals surface area contributed by atoms with Crippen molar-refractivity contribution in [3.63, 3.8) is 0 Å². The second-order valence-electron chi connectivity index (χ2n) is 4.00. The van der Waals surface area contributed by atoms with Crippen molar-refractivity contribution in [3.05, 3.63) is 35.4 Å². The van der Waals surface area contributed by atoms with Crippen LogP contribution in [0.2, 0.25) is 0 Å². The van der Waals surface area contributed by atoms with E-state index in [1.54, 1.807) is 18.2 Å². The van der Waals surface area contributed by atoms with Gasteiger partial charge in [0.2, 0.25) is 5.91 Å². The van der Waals surface area contributed by atoms with Crippen molar-refractivity contribution < 1.29 is 14.7 Å². The van der Waals surface area contributed by atoms with Gasteiger partial charge >= 0.3 is 5.97 Å². The zero-order valence-electron chi connectivity index (χ0n) is 10.2. The molecule has 0 aliphatic heterocycles. The Hall–Kier alpha value is -1.88. The highest BCUT2D eigenvalue weighted by molar-refractivity contribution is 5.87. The van der Waals surface area contributed by atoms with Crippen LogP contribution >= 0.6 is 0 Å². The lowest BCUT2D eigenvalue weighted by atomic mass is 10.1. The fraction of sp³-hybridized carbons (Fsp3) is 0.385. The summed E-state index contributed by atoms with van der Waals surface area (Å²) in [5.74, 6) is -0.960. The molecule has 1 rings (SSSR count). The Morgan fingerprint density at radius 3 is 2.78 bits per heavy atom. The molecule has 0 atom stereocenters. The Morgan fingerprint density at radius 1 is 1.33 bits per heavy atom. The van der Waals surface area contributed by atoms with Gasteiger partial charge in [0.1, 0.15) is 0 Å². The van der Waals surface area contributed by atoms with Gasteiger partial charge in [-0.05, 0) is 37.1 Å². The molecule has 18 heavy (non-hydrogen) atoms. The number of carboxylic acid groups (broad SMARTS) is 1. The first-order chi connectivity index (χ1) is 8.63. The Morgan fingerprint density at radius 2 is 2.11 bits per heavy atom. The van der Waals surface area contributed by atoms with E-state index in [1.807, 2.05) is 6.07 Å². The molecule has 0 unspecified atom stereocenters. The van der Waals surface area contributed by atoms with Crippen molar-refractivity contribution >= 4 is 11.9 Å². The third-order valence-corrected chi connectivity index (χ3v) is 2.52. The minimum Gasteiger partial charge on any atom is -0.478 e. The van der Waals surface area contributed by atoms with Crippen LogP contribution in [0.3, 0.4) is 0 Å². The smallest absolute Gasteiger partial charge is 0.335 e. The number of hydrogen-bond donors (Lipinski definition) is 3. The van der Waals surface area contributed by atoms with Crippen molar-refractivity contribution in [2.75, 3.05) is 13.1 Å². The average molecular weight is 250 g/mol. The first-order valence-corrected chi connectivity index (χ1v) is 5.92. The van der Waals surface area contributed by atoms with Gasteiger partial charge in [-0.1, -0.05) is 12.1 Å². The minimum atomic E-state index is -0.941. The molecule has 0 heterocycles. The highest BCUT2D eigenvalue weighted by Gasteiger charge is 2.04. The maximum atomic E-state index is 11.3. The zero-order valence-corrected chi connectivity index (χ0v) is 10.2. The number of aromatic carboxylic acids is 1. The number of hydrogen-bond acceptors (Lipinski definition) is 3. The van der Waals surface area contributed by atoms with Crippen LogP contribution in [-0.2, 0) is 11.2 Å². The topological polar surface area (TPSA) is 92.4 Å². The number of nitrogens with one attached hydrogen (secondary N) is 1. The normalized spacial score (nSPS) is 10.1. The minimum absolute atomic E-state index is 0.0187. The van der Waals surface area contributed by atoms with Crippen LogP contribution in [0.4, 0.5) is 0 Å². The van der Waals surface area contributed by atoms with E-state index in [0.717, 1.165) is 5.56 Å². The second-order valence-corrected chi connectivity index (χ2v) is 4.00. The van der Waals surface area contributed by atoms with Crippen molar-refractivity contribution in [2.45, 2.75) is 19.3 Å². The van der Waals surface area contributed by atoms with E-state index in [2.05, 4.69) is 5.32 Å². The highest BCUT2D eigenvalue weighted by Crippen LogP contribution is 2.05. The summed E-state index contributed by atoms with van der Waals surface area (Å²) in [6, 6.07) is 6.72. The van der Waals surface area contributed by atoms with Crippen molar-refractivity contribution in [3.8, 4) is 0 Å². The molecule has 0 aliphatic rings. The number of carbonyl (C=O) groups excluding carboxylic acids is 1. The Balaban J connectivity index is 2.37. The highest BCUT2D eigenvalue weighted by atomic mass is 16.4. The second kappa shape index (κ2) is 7.45. The molecular formula is C13H18N2O3. The standard InChI is InChI=1S/C13H18N2O3/c14-7-2-5-12(16)15-8-6-10-3-1-4-11(9-10)13(17)18/h1,3-4,9H,2,5-8,14H2,(H,15,16)(H,17,18). The molecule has 0 aromatic heterocycles. The Labute approximate surface area is 106 Å². The van der Waals surface area contributed by atoms with Gasteiger partial charge in [0.15, 0.2) is 0 Å². The molecule has 4 N–H and O–H groups in total. The number of benzene rings is 1. The van der Waals surface area contributed by atoms with E-state index in [-0.39, 0.29) is 11.5 Å². The quantitative estimate of drug-likeness (QED) is 0.667. The van der Waals surface area contributed by atoms with Crippen LogP contribution in [0, 0.1) is 0 Å². The van der Waals surface area contributed by atoms with Crippen molar-refractivity contribution in [1.29, 1.82) is 0 Å². The van der Waals surface area contributed by atoms with Gasteiger partial charge in [0, 0.05) is 13.0 Å². The lowest BCUT2D eigenvalue weighted by molar-refractivity contribution is -0.121. The molecule has 1 aromatic carbocycles. The maximum absolute atomic E-state index is 11.3. The summed E-state index contributed by atoms with van der Waals surface area (Å²) < 4.78 is 0. The van der Waals surface area contributed by atoms with Gasteiger partial charge in [0.25, 0.3) is 0 Å². The van der Waals surface area contributed by atoms with E-state index < -0.39 is 5.97 Å². The lowest BCUT2D eigenvalue weighted by Crippen LogP contribution is -2.26. The monoisotopic (exact) mass is 250 g/mol. The van der Waals surface area contributed by atoms with Crippen LogP contribution in [0.1, 0.15) is 28.8 Å². The fourth-order valence-corrected chi connectivity index (χ4v) is 1.56. The molecule has 0 aliphatic carbocycles. The van der Waals surface area contributed by atoms with Gasteiger partial charge in [0.05, 0.1) is 5.56 Å². The van der Waals surface area contributed by atoms with E-state index in [9.17, 15) is 9.59 Å². The molecule has 1 amide bonds. The Kier molecular flexibility index (Phi) is 5.87. The fourth-order valence-electron chi connectivity index (χ4n) is 1.56. The molecular weight excluding hydrogens is 232 g/mol. The number of carbonyl (C=O) groups is 2. The lowest BCUT2D eigenvalue weighted by Gasteiger charge is -2.05. The SMILES string of the molecule is NCCCC(=O)NCCc1cccc(C(=O)O)c1. The van der Waals surface area contributed by atoms with Gasteiger partial charge in [-0.2, -0.15) is 0 Å². The third-order valence-electron chi connectivity index (χ3n) is 2.52. The predicted octanol–water partition coefficient (Wildman–Crippen LogP) is 0.782. The predicted molar refractivity (Wildman–Crippen MR) is 68.4 cm³/mol. The molecule has 0 bridgehead atoms. The van der Waals surface area contributed by atoms with E-state index in [1.165, 1.54) is 0 Å². The summed E-state index contributed by atoms with van der Waals surface area (Å²) in [6.07, 6.45) is 1.74. The number of carboxylic acids is 1. The molecule has 1 aromatic rings. The molecule has 5 heteroatoms. The average Bonchev–Trinajstić information content (AvgIpc) is 2.36. The van der Waals surface area contributed by atoms with Crippen LogP contribution in [0.5, 0.6) is 0 Å². The first kappa shape index (κ1) is 14.2. The largest absolute Gasteiger partial charge is 0.478 e. The molecule has 5 nitrogen and oxygen atoms in total. The van der Waals surface area contributed by atoms with Crippen LogP contribution in [0.25, 0.3) is 0 Å². The van der Waals surface area contributed by atoms with Crippen LogP contribution in [0.15, 0.2) is 24.3 Å². The van der Waals surface area contributed by atoms with Gasteiger partial charge in [-0.25, -0.2) is 4.79 Å². The number of amides is 1. The van der Waals surface area contributed by atoms with Crippen molar-refractivity contribution in [2.24, 2.45) is 5.73 Å². The molecule has 0 radical (unpaired) electrons. The van der Waals surface area contributed by atoms with E-state index in [4.69, 9.17) is 10.8 Å². The summed E-state index contributed by atoms with van der Waals surface area (Å²) in [7, 11) is 0. The van der Waals surface area contributed by atoms with Gasteiger partial charge in [-0.15, -0.1) is 0 Å². The molecule has 0 spiro atoms. The van der Waals surface area contributed by atoms with E-state index in [0.29, 0.717) is 32.4 Å². The van der Waals surface area contributed by atoms with Gasteiger partial charge < -0.3 is 16.2 Å². The molecule has 98 valence electrons. The van der Waals surface area contributed by atoms with Gasteiger partial charge in [-0.3, -0.25) is 4.79 Å². The number of rotatable bonds is 7. The molecule has 0 saturated heterocycles. The summed E-state index contributed by atoms with van der Waals surface area (Å²) >= 11 is 0. The number of nitrogens with two attached hydrogens (primary N) is 1. The van der Waals surface area contributed by atoms with Crippen molar-refractivity contribution in [1.82, 2.24) is 5.32 Å². The molecule has 0 saturated carbocycles. The van der Waals surface area contributed by atoms with Crippen LogP contribution < -0.4 is 11.1 Å². The maximum Gasteiger partial charge on any atom is 0.335 e. The first-order valence-electron chi connectivity index (χ1n) is 5.92. The Bertz CT molecular complexity index is 418. The summed E-state index contributed by atoms with van der Waals surface area (Å²) in [4.78, 5) is 22.1. The third kappa shape index (κ3) is 4.97. The molecule has 0 fully saturated rings. The summed E-state index contributed by atoms with van der Waals surface area (Å²) in [6.45, 7) is 1.01. The summed E-state index contributed by atoms with van der Waals surface area (Å²) in [5, 5.41) is 11.6. The zero-order chi connectivity index (χ0) is 13.4.